The summed E-state index contributed by atoms with van der Waals surface area (Å²) in [6.45, 7) is 4.08. The molecule has 3 nitrogen and oxygen atoms in total. The molecule has 1 aromatic heterocycles. The van der Waals surface area contributed by atoms with Gasteiger partial charge in [-0.3, -0.25) is 0 Å². The van der Waals surface area contributed by atoms with Crippen LogP contribution < -0.4 is 5.73 Å². The number of unbranched alkanes of at least 4 members (excludes halogenated alkanes) is 1. The molecule has 0 fully saturated rings. The molecule has 0 aromatic carbocycles. The van der Waals surface area contributed by atoms with E-state index in [0.29, 0.717) is 0 Å². The number of ether oxygens (including phenoxy) is 1. The van der Waals surface area contributed by atoms with Gasteiger partial charge in [0.1, 0.15) is 0 Å². The molecule has 0 amide bonds. The van der Waals surface area contributed by atoms with Crippen LogP contribution in [0.25, 0.3) is 0 Å². The fourth-order valence-electron chi connectivity index (χ4n) is 1.84. The zero-order valence-electron chi connectivity index (χ0n) is 10.5. The Bertz CT molecular complexity index is 283. The van der Waals surface area contributed by atoms with E-state index in [1.54, 1.807) is 7.11 Å². The number of aryl methyl sites for hydroxylation is 1. The summed E-state index contributed by atoms with van der Waals surface area (Å²) in [6, 6.07) is 2.33. The Morgan fingerprint density at radius 2 is 2.25 bits per heavy atom. The van der Waals surface area contributed by atoms with Crippen molar-refractivity contribution in [1.82, 2.24) is 4.57 Å². The fourth-order valence-corrected chi connectivity index (χ4v) is 1.84. The lowest BCUT2D eigenvalue weighted by Gasteiger charge is -2.07. The molecule has 2 N–H and O–H groups in total. The summed E-state index contributed by atoms with van der Waals surface area (Å²) in [5.41, 5.74) is 7.32. The first-order valence-corrected chi connectivity index (χ1v) is 6.18. The minimum Gasteiger partial charge on any atom is -0.385 e. The minimum absolute atomic E-state index is 0.199. The predicted molar refractivity (Wildman–Crippen MR) is 67.4 cm³/mol. The second-order valence-electron chi connectivity index (χ2n) is 4.28. The number of nitrogens with two attached hydrogens (primary N) is 1. The summed E-state index contributed by atoms with van der Waals surface area (Å²) >= 11 is 0. The van der Waals surface area contributed by atoms with Crippen molar-refractivity contribution in [3.63, 3.8) is 0 Å². The molecule has 0 bridgehead atoms. The van der Waals surface area contributed by atoms with Crippen LogP contribution in [0.3, 0.4) is 0 Å². The summed E-state index contributed by atoms with van der Waals surface area (Å²) in [5, 5.41) is 0. The summed E-state index contributed by atoms with van der Waals surface area (Å²) in [7, 11) is 1.75. The molecule has 92 valence electrons. The van der Waals surface area contributed by atoms with Crippen molar-refractivity contribution in [2.75, 3.05) is 13.7 Å². The molecule has 0 radical (unpaired) electrons. The van der Waals surface area contributed by atoms with Crippen LogP contribution in [0.2, 0.25) is 0 Å². The SMILES string of the molecule is CCCC(N)c1ccn(CCCCOC)c1. The highest BCUT2D eigenvalue weighted by Gasteiger charge is 2.05. The normalized spacial score (nSPS) is 12.9. The van der Waals surface area contributed by atoms with Gasteiger partial charge in [-0.05, 0) is 30.9 Å². The van der Waals surface area contributed by atoms with E-state index >= 15 is 0 Å². The summed E-state index contributed by atoms with van der Waals surface area (Å²) in [6.07, 6.45) is 8.77. The largest absolute Gasteiger partial charge is 0.385 e. The molecule has 0 aliphatic rings. The maximum atomic E-state index is 6.06. The van der Waals surface area contributed by atoms with Gasteiger partial charge in [-0.2, -0.15) is 0 Å². The molecule has 1 aromatic rings. The molecule has 0 saturated heterocycles. The highest BCUT2D eigenvalue weighted by molar-refractivity contribution is 5.14. The Hall–Kier alpha value is -0.800. The summed E-state index contributed by atoms with van der Waals surface area (Å²) < 4.78 is 7.25. The molecule has 0 aliphatic carbocycles. The molecule has 1 unspecified atom stereocenters. The van der Waals surface area contributed by atoms with Crippen LogP contribution in [-0.4, -0.2) is 18.3 Å². The smallest absolute Gasteiger partial charge is 0.0462 e. The zero-order valence-corrected chi connectivity index (χ0v) is 10.5. The van der Waals surface area contributed by atoms with Crippen molar-refractivity contribution in [2.45, 2.75) is 45.2 Å². The number of hydrogen-bond donors (Lipinski definition) is 1. The van der Waals surface area contributed by atoms with E-state index in [9.17, 15) is 0 Å². The number of nitrogens with zero attached hydrogens (tertiary/aromatic N) is 1. The van der Waals surface area contributed by atoms with Crippen LogP contribution in [0.5, 0.6) is 0 Å². The second-order valence-corrected chi connectivity index (χ2v) is 4.28. The molecule has 0 spiro atoms. The number of methoxy groups -OCH3 is 1. The van der Waals surface area contributed by atoms with Crippen LogP contribution in [0.15, 0.2) is 18.5 Å². The average molecular weight is 224 g/mol. The topological polar surface area (TPSA) is 40.2 Å². The Labute approximate surface area is 98.6 Å². The van der Waals surface area contributed by atoms with Crippen LogP contribution in [0.1, 0.15) is 44.2 Å². The first-order chi connectivity index (χ1) is 7.77. The Balaban J connectivity index is 2.33. The monoisotopic (exact) mass is 224 g/mol. The van der Waals surface area contributed by atoms with Crippen molar-refractivity contribution >= 4 is 0 Å². The Kier molecular flexibility index (Phi) is 6.19. The molecule has 0 saturated carbocycles. The Morgan fingerprint density at radius 3 is 2.94 bits per heavy atom. The summed E-state index contributed by atoms with van der Waals surface area (Å²) in [5.74, 6) is 0. The standard InChI is InChI=1S/C13H24N2O/c1-3-6-13(14)12-7-9-15(11-12)8-4-5-10-16-2/h7,9,11,13H,3-6,8,10,14H2,1-2H3. The number of aromatic nitrogens is 1. The highest BCUT2D eigenvalue weighted by Crippen LogP contribution is 2.16. The van der Waals surface area contributed by atoms with E-state index in [1.807, 2.05) is 0 Å². The van der Waals surface area contributed by atoms with Crippen molar-refractivity contribution in [2.24, 2.45) is 5.73 Å². The van der Waals surface area contributed by atoms with Crippen molar-refractivity contribution in [3.8, 4) is 0 Å². The van der Waals surface area contributed by atoms with E-state index in [0.717, 1.165) is 38.8 Å². The number of rotatable bonds is 8. The third-order valence-electron chi connectivity index (χ3n) is 2.82. The molecule has 3 heteroatoms. The van der Waals surface area contributed by atoms with E-state index in [2.05, 4.69) is 30.0 Å². The van der Waals surface area contributed by atoms with Crippen molar-refractivity contribution in [3.05, 3.63) is 24.0 Å². The van der Waals surface area contributed by atoms with Gasteiger partial charge in [-0.25, -0.2) is 0 Å². The molecule has 1 atom stereocenters. The van der Waals surface area contributed by atoms with Crippen LogP contribution in [-0.2, 0) is 11.3 Å². The first kappa shape index (κ1) is 13.3. The van der Waals surface area contributed by atoms with Gasteiger partial charge in [-0.1, -0.05) is 13.3 Å². The van der Waals surface area contributed by atoms with Gasteiger partial charge in [0.05, 0.1) is 0 Å². The van der Waals surface area contributed by atoms with Crippen LogP contribution in [0.4, 0.5) is 0 Å². The molecule has 16 heavy (non-hydrogen) atoms. The lowest BCUT2D eigenvalue weighted by Crippen LogP contribution is -2.08. The van der Waals surface area contributed by atoms with E-state index in [1.165, 1.54) is 5.56 Å². The van der Waals surface area contributed by atoms with Gasteiger partial charge in [0, 0.05) is 38.7 Å². The van der Waals surface area contributed by atoms with Gasteiger partial charge in [-0.15, -0.1) is 0 Å². The van der Waals surface area contributed by atoms with E-state index in [-0.39, 0.29) is 6.04 Å². The predicted octanol–water partition coefficient (Wildman–Crippen LogP) is 2.71. The van der Waals surface area contributed by atoms with Gasteiger partial charge in [0.25, 0.3) is 0 Å². The van der Waals surface area contributed by atoms with Gasteiger partial charge in [0.15, 0.2) is 0 Å². The fraction of sp³-hybridized carbons (Fsp3) is 0.692. The molecule has 1 rings (SSSR count). The lowest BCUT2D eigenvalue weighted by molar-refractivity contribution is 0.191. The molecule has 0 aliphatic heterocycles. The minimum atomic E-state index is 0.199. The van der Waals surface area contributed by atoms with Gasteiger partial charge in [0.2, 0.25) is 0 Å². The maximum absolute atomic E-state index is 6.06. The van der Waals surface area contributed by atoms with Gasteiger partial charge >= 0.3 is 0 Å². The quantitative estimate of drug-likeness (QED) is 0.690. The zero-order chi connectivity index (χ0) is 11.8. The van der Waals surface area contributed by atoms with Gasteiger partial charge < -0.3 is 15.0 Å². The van der Waals surface area contributed by atoms with E-state index < -0.39 is 0 Å². The molecule has 1 heterocycles. The van der Waals surface area contributed by atoms with Crippen molar-refractivity contribution < 1.29 is 4.74 Å². The van der Waals surface area contributed by atoms with Crippen LogP contribution in [0, 0.1) is 0 Å². The highest BCUT2D eigenvalue weighted by atomic mass is 16.5. The average Bonchev–Trinajstić information content (AvgIpc) is 2.73. The molecular weight excluding hydrogens is 200 g/mol. The van der Waals surface area contributed by atoms with Crippen molar-refractivity contribution in [1.29, 1.82) is 0 Å². The first-order valence-electron chi connectivity index (χ1n) is 6.18. The maximum Gasteiger partial charge on any atom is 0.0462 e. The third-order valence-corrected chi connectivity index (χ3v) is 2.82. The summed E-state index contributed by atoms with van der Waals surface area (Å²) in [4.78, 5) is 0. The number of hydrogen-bond acceptors (Lipinski definition) is 2. The lowest BCUT2D eigenvalue weighted by atomic mass is 10.1. The third kappa shape index (κ3) is 4.37. The Morgan fingerprint density at radius 1 is 1.44 bits per heavy atom. The van der Waals surface area contributed by atoms with Crippen LogP contribution >= 0.6 is 0 Å². The van der Waals surface area contributed by atoms with E-state index in [4.69, 9.17) is 10.5 Å². The molecular formula is C13H24N2O. The second kappa shape index (κ2) is 7.47.